The fourth-order valence-corrected chi connectivity index (χ4v) is 4.42. The first-order valence-corrected chi connectivity index (χ1v) is 11.6. The van der Waals surface area contributed by atoms with Gasteiger partial charge in [0.25, 0.3) is 5.91 Å². The van der Waals surface area contributed by atoms with E-state index in [2.05, 4.69) is 16.4 Å². The van der Waals surface area contributed by atoms with Gasteiger partial charge in [0.15, 0.2) is 6.10 Å². The number of carbonyl (C=O) groups excluding carboxylic acids is 2. The minimum absolute atomic E-state index is 0.0365. The van der Waals surface area contributed by atoms with Crippen LogP contribution >= 0.6 is 0 Å². The maximum atomic E-state index is 13.8. The van der Waals surface area contributed by atoms with E-state index in [1.54, 1.807) is 4.90 Å². The molecule has 0 bridgehead atoms. The van der Waals surface area contributed by atoms with E-state index in [9.17, 15) is 9.59 Å². The van der Waals surface area contributed by atoms with Gasteiger partial charge in [-0.2, -0.15) is 0 Å². The van der Waals surface area contributed by atoms with E-state index in [0.29, 0.717) is 18.7 Å². The number of aromatic amines is 1. The molecule has 0 radical (unpaired) electrons. The Balaban J connectivity index is 1.74. The van der Waals surface area contributed by atoms with Crippen LogP contribution < -0.4 is 10.1 Å². The summed E-state index contributed by atoms with van der Waals surface area (Å²) in [5.74, 6) is 0.198. The van der Waals surface area contributed by atoms with Crippen LogP contribution in [0.4, 0.5) is 0 Å². The highest BCUT2D eigenvalue weighted by molar-refractivity contribution is 5.92. The zero-order chi connectivity index (χ0) is 23.8. The van der Waals surface area contributed by atoms with Crippen LogP contribution in [0, 0.1) is 5.92 Å². The summed E-state index contributed by atoms with van der Waals surface area (Å²) in [5, 5.41) is 4.21. The van der Waals surface area contributed by atoms with Gasteiger partial charge in [-0.15, -0.1) is 0 Å². The molecule has 2 aromatic carbocycles. The summed E-state index contributed by atoms with van der Waals surface area (Å²) >= 11 is 0. The molecule has 33 heavy (non-hydrogen) atoms. The van der Waals surface area contributed by atoms with Crippen LogP contribution in [0.1, 0.15) is 51.8 Å². The molecule has 0 saturated carbocycles. The van der Waals surface area contributed by atoms with E-state index in [4.69, 9.17) is 4.74 Å². The molecule has 2 unspecified atom stereocenters. The largest absolute Gasteiger partial charge is 0.480 e. The second-order valence-electron chi connectivity index (χ2n) is 10.1. The Kier molecular flexibility index (Phi) is 6.19. The maximum absolute atomic E-state index is 13.8. The topological polar surface area (TPSA) is 74.4 Å². The van der Waals surface area contributed by atoms with E-state index in [1.807, 2.05) is 83.3 Å². The van der Waals surface area contributed by atoms with Gasteiger partial charge in [0.2, 0.25) is 5.91 Å². The average Bonchev–Trinajstić information content (AvgIpc) is 3.11. The number of benzene rings is 2. The van der Waals surface area contributed by atoms with Gasteiger partial charge in [-0.3, -0.25) is 9.59 Å². The van der Waals surface area contributed by atoms with Crippen LogP contribution in [-0.4, -0.2) is 39.9 Å². The van der Waals surface area contributed by atoms with Crippen molar-refractivity contribution in [3.63, 3.8) is 0 Å². The molecule has 0 saturated heterocycles. The molecular formula is C27H33N3O3. The highest BCUT2D eigenvalue weighted by Crippen LogP contribution is 2.36. The monoisotopic (exact) mass is 447 g/mol. The van der Waals surface area contributed by atoms with Gasteiger partial charge in [-0.25, -0.2) is 0 Å². The lowest BCUT2D eigenvalue weighted by molar-refractivity contribution is -0.146. The summed E-state index contributed by atoms with van der Waals surface area (Å²) in [6.07, 6.45) is 1.96. The molecular weight excluding hydrogens is 414 g/mol. The molecule has 0 aliphatic carbocycles. The number of fused-ring (bicyclic) bond motifs is 2. The van der Waals surface area contributed by atoms with Crippen LogP contribution in [0.15, 0.2) is 54.7 Å². The summed E-state index contributed by atoms with van der Waals surface area (Å²) in [4.78, 5) is 32.3. The van der Waals surface area contributed by atoms with Crippen molar-refractivity contribution in [2.75, 3.05) is 6.54 Å². The Morgan fingerprint density at radius 3 is 2.55 bits per heavy atom. The number of hydrogen-bond acceptors (Lipinski definition) is 3. The van der Waals surface area contributed by atoms with Crippen LogP contribution in [0.2, 0.25) is 0 Å². The zero-order valence-corrected chi connectivity index (χ0v) is 20.0. The van der Waals surface area contributed by atoms with Gasteiger partial charge < -0.3 is 19.9 Å². The van der Waals surface area contributed by atoms with Gasteiger partial charge in [-0.1, -0.05) is 50.2 Å². The lowest BCUT2D eigenvalue weighted by Gasteiger charge is -2.33. The molecule has 3 aromatic rings. The van der Waals surface area contributed by atoms with Gasteiger partial charge in [0.1, 0.15) is 11.8 Å². The fourth-order valence-electron chi connectivity index (χ4n) is 4.42. The first-order valence-electron chi connectivity index (χ1n) is 11.6. The quantitative estimate of drug-likeness (QED) is 0.600. The minimum Gasteiger partial charge on any atom is -0.480 e. The predicted octanol–water partition coefficient (Wildman–Crippen LogP) is 4.61. The molecule has 2 N–H and O–H groups in total. The average molecular weight is 448 g/mol. The van der Waals surface area contributed by atoms with Crippen LogP contribution in [0.25, 0.3) is 10.9 Å². The molecule has 4 rings (SSSR count). The number of nitrogens with zero attached hydrogens (tertiary/aromatic N) is 1. The van der Waals surface area contributed by atoms with Gasteiger partial charge in [0, 0.05) is 34.7 Å². The maximum Gasteiger partial charge on any atom is 0.264 e. The summed E-state index contributed by atoms with van der Waals surface area (Å²) in [7, 11) is 0. The minimum atomic E-state index is -0.762. The number of carbonyl (C=O) groups is 2. The first kappa shape index (κ1) is 22.9. The number of para-hydroxylation sites is 2. The van der Waals surface area contributed by atoms with Crippen LogP contribution in [0.3, 0.4) is 0 Å². The second-order valence-corrected chi connectivity index (χ2v) is 10.1. The van der Waals surface area contributed by atoms with E-state index < -0.39 is 17.7 Å². The Labute approximate surface area is 195 Å². The predicted molar refractivity (Wildman–Crippen MR) is 130 cm³/mol. The van der Waals surface area contributed by atoms with E-state index in [-0.39, 0.29) is 17.7 Å². The normalized spacial score (nSPS) is 18.7. The number of H-pyrrole nitrogens is 1. The van der Waals surface area contributed by atoms with Gasteiger partial charge in [0.05, 0.1) is 0 Å². The second kappa shape index (κ2) is 8.93. The first-order chi connectivity index (χ1) is 15.7. The molecule has 0 fully saturated rings. The van der Waals surface area contributed by atoms with Crippen molar-refractivity contribution in [1.29, 1.82) is 0 Å². The van der Waals surface area contributed by atoms with E-state index >= 15 is 0 Å². The van der Waals surface area contributed by atoms with E-state index in [0.717, 1.165) is 22.0 Å². The molecule has 0 spiro atoms. The standard InChI is InChI=1S/C27H33N3O3/c1-17(2)24-26(32)30(15-14-18-16-28-21-12-8-6-10-19(18)21)23(25(31)29-27(3,4)5)20-11-7-9-13-22(20)33-24/h6-13,16-17,23-24,28H,14-15H2,1-5H3,(H,29,31). The van der Waals surface area contributed by atoms with Crippen molar-refractivity contribution in [2.24, 2.45) is 5.92 Å². The summed E-state index contributed by atoms with van der Waals surface area (Å²) in [5.41, 5.74) is 2.47. The summed E-state index contributed by atoms with van der Waals surface area (Å²) < 4.78 is 6.20. The number of aromatic nitrogens is 1. The number of nitrogens with one attached hydrogen (secondary N) is 2. The summed E-state index contributed by atoms with van der Waals surface area (Å²) in [6, 6.07) is 14.8. The fraction of sp³-hybridized carbons (Fsp3) is 0.407. The lowest BCUT2D eigenvalue weighted by atomic mass is 9.99. The highest BCUT2D eigenvalue weighted by Gasteiger charge is 2.42. The van der Waals surface area contributed by atoms with Crippen molar-refractivity contribution in [3.05, 3.63) is 65.9 Å². The molecule has 174 valence electrons. The van der Waals surface area contributed by atoms with E-state index in [1.165, 1.54) is 0 Å². The van der Waals surface area contributed by atoms with Crippen molar-refractivity contribution < 1.29 is 14.3 Å². The third-order valence-corrected chi connectivity index (χ3v) is 5.95. The zero-order valence-electron chi connectivity index (χ0n) is 20.0. The molecule has 1 aliphatic heterocycles. The molecule has 6 heteroatoms. The third-order valence-electron chi connectivity index (χ3n) is 5.95. The number of amides is 2. The van der Waals surface area contributed by atoms with Crippen molar-refractivity contribution in [2.45, 2.75) is 58.7 Å². The molecule has 2 atom stereocenters. The molecule has 6 nitrogen and oxygen atoms in total. The van der Waals surface area contributed by atoms with Crippen molar-refractivity contribution in [3.8, 4) is 5.75 Å². The number of ether oxygens (including phenoxy) is 1. The molecule has 1 aromatic heterocycles. The van der Waals surface area contributed by atoms with Gasteiger partial charge in [-0.05, 0) is 50.8 Å². The molecule has 1 aliphatic rings. The Morgan fingerprint density at radius 2 is 1.82 bits per heavy atom. The van der Waals surface area contributed by atoms with Crippen molar-refractivity contribution >= 4 is 22.7 Å². The van der Waals surface area contributed by atoms with Crippen LogP contribution in [-0.2, 0) is 16.0 Å². The number of rotatable bonds is 5. The number of hydrogen-bond donors (Lipinski definition) is 2. The lowest BCUT2D eigenvalue weighted by Crippen LogP contribution is -2.51. The molecule has 2 amide bonds. The Bertz CT molecular complexity index is 1160. The van der Waals surface area contributed by atoms with Crippen LogP contribution in [0.5, 0.6) is 5.75 Å². The smallest absolute Gasteiger partial charge is 0.264 e. The SMILES string of the molecule is CC(C)C1Oc2ccccc2C(C(=O)NC(C)(C)C)N(CCc2c[nH]c3ccccc23)C1=O. The van der Waals surface area contributed by atoms with Gasteiger partial charge >= 0.3 is 0 Å². The Morgan fingerprint density at radius 1 is 1.12 bits per heavy atom. The van der Waals surface area contributed by atoms with Crippen molar-refractivity contribution in [1.82, 2.24) is 15.2 Å². The highest BCUT2D eigenvalue weighted by atomic mass is 16.5. The molecule has 2 heterocycles. The Hall–Kier alpha value is -3.28. The summed E-state index contributed by atoms with van der Waals surface area (Å²) in [6.45, 7) is 10.2. The third kappa shape index (κ3) is 4.75.